The highest BCUT2D eigenvalue weighted by atomic mass is 32.2. The van der Waals surface area contributed by atoms with E-state index in [2.05, 4.69) is 45.2 Å². The zero-order valence-corrected chi connectivity index (χ0v) is 17.7. The standard InChI is InChI=1S/C22H23N5O2S/c1-3-26-18-7-5-4-6-16(18)17-12-14(8-11-19(17)26)23-20(28)13(2)30-22-25-24-21(29)27(22)15-9-10-15/h4-8,11-13,15H,3,9-10H2,1-2H3,(H,23,28)(H,24,29)/t13-/m0/s1. The molecule has 0 spiro atoms. The first-order valence-electron chi connectivity index (χ1n) is 10.2. The number of aryl methyl sites for hydroxylation is 1. The van der Waals surface area contributed by atoms with Gasteiger partial charge in [0.15, 0.2) is 5.16 Å². The molecule has 8 heteroatoms. The number of para-hydroxylation sites is 1. The summed E-state index contributed by atoms with van der Waals surface area (Å²) in [6, 6.07) is 14.6. The first-order valence-corrected chi connectivity index (χ1v) is 11.1. The maximum absolute atomic E-state index is 12.8. The third-order valence-corrected chi connectivity index (χ3v) is 6.66. The molecule has 2 aromatic heterocycles. The fourth-order valence-electron chi connectivity index (χ4n) is 3.96. The molecule has 0 aliphatic heterocycles. The monoisotopic (exact) mass is 421 g/mol. The minimum Gasteiger partial charge on any atom is -0.341 e. The number of rotatable bonds is 6. The minimum absolute atomic E-state index is 0.114. The van der Waals surface area contributed by atoms with Gasteiger partial charge in [-0.3, -0.25) is 9.36 Å². The van der Waals surface area contributed by atoms with Crippen LogP contribution in [0.3, 0.4) is 0 Å². The number of thioether (sulfide) groups is 1. The van der Waals surface area contributed by atoms with Gasteiger partial charge in [0, 0.05) is 40.1 Å². The second kappa shape index (κ2) is 7.36. The molecular weight excluding hydrogens is 398 g/mol. The summed E-state index contributed by atoms with van der Waals surface area (Å²) in [5.41, 5.74) is 2.91. The van der Waals surface area contributed by atoms with Gasteiger partial charge in [-0.15, -0.1) is 5.10 Å². The first-order chi connectivity index (χ1) is 14.6. The number of carbonyl (C=O) groups excluding carboxylic acids is 1. The van der Waals surface area contributed by atoms with Crippen LogP contribution in [0.5, 0.6) is 0 Å². The summed E-state index contributed by atoms with van der Waals surface area (Å²) in [4.78, 5) is 24.8. The number of hydrogen-bond acceptors (Lipinski definition) is 4. The van der Waals surface area contributed by atoms with E-state index in [0.29, 0.717) is 5.16 Å². The number of aromatic nitrogens is 4. The van der Waals surface area contributed by atoms with E-state index < -0.39 is 0 Å². The largest absolute Gasteiger partial charge is 0.344 e. The molecule has 1 fully saturated rings. The van der Waals surface area contributed by atoms with E-state index in [4.69, 9.17) is 0 Å². The highest BCUT2D eigenvalue weighted by Gasteiger charge is 2.30. The molecule has 1 aliphatic rings. The van der Waals surface area contributed by atoms with Crippen LogP contribution in [0.15, 0.2) is 52.4 Å². The number of nitrogens with one attached hydrogen (secondary N) is 2. The Bertz CT molecular complexity index is 1310. The van der Waals surface area contributed by atoms with Gasteiger partial charge in [-0.05, 0) is 51.0 Å². The van der Waals surface area contributed by atoms with Crippen molar-refractivity contribution >= 4 is 45.2 Å². The van der Waals surface area contributed by atoms with Crippen molar-refractivity contribution in [3.8, 4) is 0 Å². The number of carbonyl (C=O) groups is 1. The molecule has 4 aromatic rings. The summed E-state index contributed by atoms with van der Waals surface area (Å²) in [5, 5.41) is 12.1. The smallest absolute Gasteiger partial charge is 0.341 e. The van der Waals surface area contributed by atoms with Gasteiger partial charge in [-0.25, -0.2) is 9.89 Å². The average Bonchev–Trinajstić information content (AvgIpc) is 3.45. The number of hydrogen-bond donors (Lipinski definition) is 2. The molecule has 2 N–H and O–H groups in total. The molecule has 1 amide bonds. The van der Waals surface area contributed by atoms with Crippen molar-refractivity contribution in [1.82, 2.24) is 19.3 Å². The second-order valence-corrected chi connectivity index (χ2v) is 8.96. The molecule has 7 nitrogen and oxygen atoms in total. The van der Waals surface area contributed by atoms with E-state index in [1.807, 2.05) is 31.2 Å². The van der Waals surface area contributed by atoms with Gasteiger partial charge < -0.3 is 9.88 Å². The molecule has 5 rings (SSSR count). The summed E-state index contributed by atoms with van der Waals surface area (Å²) in [6.45, 7) is 4.85. The van der Waals surface area contributed by atoms with E-state index in [1.54, 1.807) is 4.57 Å². The second-order valence-electron chi connectivity index (χ2n) is 7.66. The number of aromatic amines is 1. The Balaban J connectivity index is 1.39. The molecule has 0 bridgehead atoms. The lowest BCUT2D eigenvalue weighted by Gasteiger charge is -2.12. The molecule has 2 aromatic carbocycles. The van der Waals surface area contributed by atoms with Gasteiger partial charge in [0.2, 0.25) is 5.91 Å². The Labute approximate surface area is 177 Å². The lowest BCUT2D eigenvalue weighted by Crippen LogP contribution is -2.23. The van der Waals surface area contributed by atoms with Crippen LogP contribution in [0, 0.1) is 0 Å². The highest BCUT2D eigenvalue weighted by Crippen LogP contribution is 2.37. The van der Waals surface area contributed by atoms with Crippen LogP contribution in [0.4, 0.5) is 5.69 Å². The lowest BCUT2D eigenvalue weighted by atomic mass is 10.1. The summed E-state index contributed by atoms with van der Waals surface area (Å²) in [5.74, 6) is -0.114. The van der Waals surface area contributed by atoms with Crippen molar-refractivity contribution in [2.75, 3.05) is 5.32 Å². The summed E-state index contributed by atoms with van der Waals surface area (Å²) in [7, 11) is 0. The van der Waals surface area contributed by atoms with Crippen LogP contribution in [-0.4, -0.2) is 30.5 Å². The number of amides is 1. The van der Waals surface area contributed by atoms with Crippen molar-refractivity contribution in [2.45, 2.75) is 49.7 Å². The third-order valence-electron chi connectivity index (χ3n) is 5.59. The zero-order valence-electron chi connectivity index (χ0n) is 16.9. The molecule has 0 radical (unpaired) electrons. The van der Waals surface area contributed by atoms with Gasteiger partial charge >= 0.3 is 5.69 Å². The quantitative estimate of drug-likeness (QED) is 0.458. The van der Waals surface area contributed by atoms with Crippen LogP contribution >= 0.6 is 11.8 Å². The molecular formula is C22H23N5O2S. The Morgan fingerprint density at radius 3 is 2.77 bits per heavy atom. The predicted octanol–water partition coefficient (Wildman–Crippen LogP) is 4.15. The molecule has 30 heavy (non-hydrogen) atoms. The third kappa shape index (κ3) is 3.21. The average molecular weight is 422 g/mol. The van der Waals surface area contributed by atoms with Gasteiger partial charge in [-0.1, -0.05) is 30.0 Å². The van der Waals surface area contributed by atoms with Crippen LogP contribution in [-0.2, 0) is 11.3 Å². The number of anilines is 1. The molecule has 1 aliphatic carbocycles. The zero-order chi connectivity index (χ0) is 20.8. The first kappa shape index (κ1) is 19.0. The number of H-pyrrole nitrogens is 1. The Morgan fingerprint density at radius 1 is 1.23 bits per heavy atom. The molecule has 1 atom stereocenters. The maximum atomic E-state index is 12.8. The molecule has 0 unspecified atom stereocenters. The summed E-state index contributed by atoms with van der Waals surface area (Å²) >= 11 is 1.31. The molecule has 0 saturated heterocycles. The van der Waals surface area contributed by atoms with Crippen molar-refractivity contribution in [2.24, 2.45) is 0 Å². The predicted molar refractivity (Wildman–Crippen MR) is 120 cm³/mol. The van der Waals surface area contributed by atoms with E-state index in [-0.39, 0.29) is 22.9 Å². The lowest BCUT2D eigenvalue weighted by molar-refractivity contribution is -0.115. The van der Waals surface area contributed by atoms with E-state index in [0.717, 1.165) is 36.0 Å². The molecule has 154 valence electrons. The number of nitrogens with zero attached hydrogens (tertiary/aromatic N) is 3. The van der Waals surface area contributed by atoms with Crippen LogP contribution in [0.1, 0.15) is 32.7 Å². The maximum Gasteiger partial charge on any atom is 0.344 e. The van der Waals surface area contributed by atoms with Gasteiger partial charge in [-0.2, -0.15) is 0 Å². The van der Waals surface area contributed by atoms with Crippen LogP contribution < -0.4 is 11.0 Å². The van der Waals surface area contributed by atoms with E-state index >= 15 is 0 Å². The van der Waals surface area contributed by atoms with Crippen molar-refractivity contribution in [1.29, 1.82) is 0 Å². The van der Waals surface area contributed by atoms with Gasteiger partial charge in [0.05, 0.1) is 5.25 Å². The van der Waals surface area contributed by atoms with E-state index in [9.17, 15) is 9.59 Å². The number of fused-ring (bicyclic) bond motifs is 3. The van der Waals surface area contributed by atoms with Crippen molar-refractivity contribution < 1.29 is 4.79 Å². The minimum atomic E-state index is -0.384. The Morgan fingerprint density at radius 2 is 2.00 bits per heavy atom. The van der Waals surface area contributed by atoms with Crippen LogP contribution in [0.25, 0.3) is 21.8 Å². The summed E-state index contributed by atoms with van der Waals surface area (Å²) < 4.78 is 3.95. The fourth-order valence-corrected chi connectivity index (χ4v) is 4.88. The van der Waals surface area contributed by atoms with Crippen molar-refractivity contribution in [3.05, 3.63) is 52.9 Å². The van der Waals surface area contributed by atoms with Gasteiger partial charge in [0.1, 0.15) is 0 Å². The SMILES string of the molecule is CCn1c2ccccc2c2cc(NC(=O)[C@H](C)Sc3n[nH]c(=O)n3C3CC3)ccc21. The highest BCUT2D eigenvalue weighted by molar-refractivity contribution is 8.00. The molecule has 1 saturated carbocycles. The molecule has 2 heterocycles. The fraction of sp³-hybridized carbons (Fsp3) is 0.318. The normalized spacial score (nSPS) is 15.0. The Hall–Kier alpha value is -3.00. The van der Waals surface area contributed by atoms with Gasteiger partial charge in [0.25, 0.3) is 0 Å². The Kier molecular flexibility index (Phi) is 4.66. The van der Waals surface area contributed by atoms with Crippen LogP contribution in [0.2, 0.25) is 0 Å². The topological polar surface area (TPSA) is 84.7 Å². The number of benzene rings is 2. The van der Waals surface area contributed by atoms with E-state index in [1.165, 1.54) is 22.7 Å². The van der Waals surface area contributed by atoms with Crippen molar-refractivity contribution in [3.63, 3.8) is 0 Å². The summed E-state index contributed by atoms with van der Waals surface area (Å²) in [6.07, 6.45) is 1.97.